The van der Waals surface area contributed by atoms with E-state index in [0.29, 0.717) is 17.6 Å². The summed E-state index contributed by atoms with van der Waals surface area (Å²) in [5.41, 5.74) is 5.71. The van der Waals surface area contributed by atoms with Crippen LogP contribution >= 0.6 is 11.6 Å². The number of phenolic OH excluding ortho intramolecular Hbond substituents is 2. The Hall–Kier alpha value is -11.2. The number of halogens is 1. The first kappa shape index (κ1) is 83.7. The zero-order valence-electron chi connectivity index (χ0n) is 64.6. The number of likely N-dealkylation sites (N-methyl/N-ethyl adjacent to an activating group) is 1. The number of phenols is 2. The Labute approximate surface area is 676 Å². The van der Waals surface area contributed by atoms with Crippen molar-refractivity contribution in [3.05, 3.63) is 147 Å². The number of aromatic hydroxyl groups is 2. The first-order valence-electron chi connectivity index (χ1n) is 38.7. The predicted molar refractivity (Wildman–Crippen MR) is 418 cm³/mol. The van der Waals surface area contributed by atoms with E-state index in [2.05, 4.69) is 58.5 Å². The number of aliphatic hydroxyl groups is 5. The van der Waals surface area contributed by atoms with Crippen LogP contribution in [0.5, 0.6) is 46.0 Å². The van der Waals surface area contributed by atoms with Crippen molar-refractivity contribution in [1.29, 1.82) is 0 Å². The van der Waals surface area contributed by atoms with E-state index < -0.39 is 180 Å². The van der Waals surface area contributed by atoms with Crippen LogP contribution in [0.3, 0.4) is 0 Å². The summed E-state index contributed by atoms with van der Waals surface area (Å²) in [5, 5.41) is 112. The SMILES string of the molecule is CN[C@H](CC(C)C)C(=O)N[C@H]1C(=O)N[C@@H](CC(=O)NC(=O)Nc2ccc(OCCNC(C)=O)cc2)C(=O)N[C@H]2C(=O)N[C@H]3C(=O)N[C@H](C(=O)N[C@H](C(=O)NC4C5CC6CC(C5)CC4C6)c4cc(O)cc(C)c4-c4cc3ccc4O)[C@H](O)c3ccc(c(Cl)c3)Oc3cc2cc(c3O[C@@H]2O[C@H](CN)[C@@H](O)[C@H](O)[C@H]2O)Oc2ccc(cc2C)[C@H]1O. The molecule has 15 bridgehead atoms. The molecular formula is C82H95ClN12O22. The minimum atomic E-state index is -2.32. The minimum absolute atomic E-state index is 0.0399. The van der Waals surface area contributed by atoms with Gasteiger partial charge < -0.3 is 118 Å². The van der Waals surface area contributed by atoms with E-state index in [0.717, 1.165) is 44.2 Å². The molecule has 11 amide bonds. The second-order valence-electron chi connectivity index (χ2n) is 31.4. The topological polar surface area (TPSA) is 517 Å². The van der Waals surface area contributed by atoms with Gasteiger partial charge in [-0.3, -0.25) is 48.5 Å². The molecule has 6 aromatic rings. The number of imide groups is 1. The van der Waals surface area contributed by atoms with E-state index in [1.54, 1.807) is 6.92 Å². The summed E-state index contributed by atoms with van der Waals surface area (Å²) in [5.74, 6) is -11.0. The van der Waals surface area contributed by atoms with E-state index in [9.17, 15) is 54.9 Å². The van der Waals surface area contributed by atoms with Crippen LogP contribution in [0.4, 0.5) is 10.5 Å². The average Bonchev–Trinajstić information content (AvgIpc) is 0.756. The molecule has 622 valence electrons. The maximum atomic E-state index is 16.5. The lowest BCUT2D eigenvalue weighted by atomic mass is 9.54. The lowest BCUT2D eigenvalue weighted by molar-refractivity contribution is -0.270. The summed E-state index contributed by atoms with van der Waals surface area (Å²) in [4.78, 5) is 149. The average molecular weight is 1640 g/mol. The van der Waals surface area contributed by atoms with Crippen LogP contribution in [0.15, 0.2) is 103 Å². The summed E-state index contributed by atoms with van der Waals surface area (Å²) in [6.07, 6.45) is -9.72. The lowest BCUT2D eigenvalue weighted by Crippen LogP contribution is -2.60. The van der Waals surface area contributed by atoms with Gasteiger partial charge in [-0.05, 0) is 218 Å². The molecule has 14 atom stereocenters. The number of aliphatic hydroxyl groups excluding tert-OH is 5. The summed E-state index contributed by atoms with van der Waals surface area (Å²) in [6.45, 7) is 7.95. The number of nitrogens with one attached hydrogen (secondary N) is 11. The van der Waals surface area contributed by atoms with Crippen molar-refractivity contribution in [3.63, 3.8) is 0 Å². The van der Waals surface area contributed by atoms with Gasteiger partial charge in [0, 0.05) is 30.8 Å². The van der Waals surface area contributed by atoms with Gasteiger partial charge in [-0.1, -0.05) is 43.6 Å². The largest absolute Gasteiger partial charge is 0.508 e. The van der Waals surface area contributed by atoms with Crippen LogP contribution in [0.1, 0.15) is 135 Å². The van der Waals surface area contributed by atoms with E-state index in [-0.39, 0.29) is 122 Å². The summed E-state index contributed by atoms with van der Waals surface area (Å²) in [7, 11) is 1.50. The Morgan fingerprint density at radius 3 is 1.94 bits per heavy atom. The highest BCUT2D eigenvalue weighted by atomic mass is 35.5. The molecule has 20 N–H and O–H groups in total. The maximum absolute atomic E-state index is 16.5. The van der Waals surface area contributed by atoms with Gasteiger partial charge in [0.15, 0.2) is 11.5 Å². The Kier molecular flexibility index (Phi) is 25.3. The van der Waals surface area contributed by atoms with Gasteiger partial charge in [0.2, 0.25) is 65.2 Å². The second kappa shape index (κ2) is 35.3. The number of anilines is 1. The normalized spacial score (nSPS) is 27.5. The van der Waals surface area contributed by atoms with Gasteiger partial charge in [-0.25, -0.2) is 4.79 Å². The lowest BCUT2D eigenvalue weighted by Gasteiger charge is -2.54. The van der Waals surface area contributed by atoms with Gasteiger partial charge in [0.1, 0.15) is 108 Å². The number of aryl methyl sites for hydroxylation is 2. The number of nitrogens with two attached hydrogens (primary N) is 1. The molecule has 6 aliphatic heterocycles. The first-order chi connectivity index (χ1) is 55.8. The molecule has 35 heteroatoms. The van der Waals surface area contributed by atoms with E-state index >= 15 is 28.8 Å². The fourth-order valence-electron chi connectivity index (χ4n) is 17.0. The second-order valence-corrected chi connectivity index (χ2v) is 31.8. The summed E-state index contributed by atoms with van der Waals surface area (Å²) in [6, 6.07) is 6.95. The molecule has 0 aromatic heterocycles. The van der Waals surface area contributed by atoms with Crippen LogP contribution in [0.25, 0.3) is 11.1 Å². The van der Waals surface area contributed by atoms with Gasteiger partial charge in [-0.2, -0.15) is 0 Å². The van der Waals surface area contributed by atoms with Crippen LogP contribution in [0.2, 0.25) is 5.02 Å². The fraction of sp³-hybridized carbons (Fsp3) is 0.439. The molecule has 0 spiro atoms. The molecule has 4 aliphatic carbocycles. The molecule has 117 heavy (non-hydrogen) atoms. The van der Waals surface area contributed by atoms with Crippen LogP contribution in [-0.4, -0.2) is 183 Å². The zero-order valence-corrected chi connectivity index (χ0v) is 65.4. The zero-order chi connectivity index (χ0) is 83.7. The molecule has 4 saturated carbocycles. The van der Waals surface area contributed by atoms with Crippen LogP contribution in [0, 0.1) is 43.4 Å². The van der Waals surface area contributed by atoms with Crippen LogP contribution in [-0.2, 0) is 47.9 Å². The van der Waals surface area contributed by atoms with Gasteiger partial charge >= 0.3 is 6.03 Å². The summed E-state index contributed by atoms with van der Waals surface area (Å²) >= 11 is 7.21. The van der Waals surface area contributed by atoms with Crippen molar-refractivity contribution in [1.82, 2.24) is 53.2 Å². The van der Waals surface area contributed by atoms with Crippen molar-refractivity contribution in [2.45, 2.75) is 171 Å². The third-order valence-electron chi connectivity index (χ3n) is 22.6. The van der Waals surface area contributed by atoms with E-state index in [4.69, 9.17) is 41.0 Å². The fourth-order valence-corrected chi connectivity index (χ4v) is 17.2. The van der Waals surface area contributed by atoms with Crippen LogP contribution < -0.4 is 83.2 Å². The highest BCUT2D eigenvalue weighted by molar-refractivity contribution is 6.32. The third kappa shape index (κ3) is 18.5. The highest BCUT2D eigenvalue weighted by Crippen LogP contribution is 2.55. The molecule has 0 radical (unpaired) electrons. The van der Waals surface area contributed by atoms with Crippen molar-refractivity contribution in [2.75, 3.05) is 32.1 Å². The van der Waals surface area contributed by atoms with E-state index in [1.807, 2.05) is 13.8 Å². The molecular weight excluding hydrogens is 1540 g/mol. The number of fused-ring (bicyclic) bond motifs is 15. The van der Waals surface area contributed by atoms with Gasteiger partial charge in [0.25, 0.3) is 0 Å². The quantitative estimate of drug-likeness (QED) is 0.0582. The Morgan fingerprint density at radius 2 is 1.29 bits per heavy atom. The van der Waals surface area contributed by atoms with Gasteiger partial charge in [0.05, 0.1) is 24.0 Å². The standard InChI is InChI=1S/C82H95ClN12O22/c1-34(2)19-52(85-6)74(105)94-66-68(100)41-8-15-55(35(3)20-41)114-57-29-45-30-58(73(57)117-81-72(104)71(103)70(102)59(33-84)116-81)115-56-16-9-42(28-51(56)83)69(101)67-80(111)93-65(78(109)90-62-43-23-38-22-39(25-43)26-44(62)24-38)50-31-47(97)21-36(4)61(50)49-27-40(7-14-54(49)98)63(76(107)95-67)92-77(108)64(45)91-75(106)53(88-79(66)110)32-60(99)89-82(112)87-46-10-12-48(13-11-46)113-18-17-86-37(5)96/h7-16,20-21,27-31,34,38-39,43-44,52-53,59,62-72,81,85,97-98,100-104H,17-19,22-26,32-33,84H2,1-6H3,(H,86,96)(H,88,110)(H,90,109)(H,91,106)(H,92,108)(H,93,111)(H,94,105)(H,95,107)(H2,87,89,99,112)/t38?,39?,43?,44?,52-,53+,59-,62?,63-,64-,65+,66-,67+,68-,69-,70-,71+,72-,81+/m1/s1. The molecule has 34 nitrogen and oxygen atoms in total. The first-order valence-corrected chi connectivity index (χ1v) is 39.1. The number of benzene rings is 6. The number of hydrogen-bond donors (Lipinski definition) is 19. The predicted octanol–water partition coefficient (Wildman–Crippen LogP) is 3.33. The molecule has 5 fully saturated rings. The highest BCUT2D eigenvalue weighted by Gasteiger charge is 2.51. The van der Waals surface area contributed by atoms with Crippen molar-refractivity contribution in [3.8, 4) is 57.1 Å². The number of ether oxygens (including phenoxy) is 5. The number of hydrogen-bond acceptors (Lipinski definition) is 24. The minimum Gasteiger partial charge on any atom is -0.508 e. The number of carbonyl (C=O) groups is 10. The number of rotatable bonds is 17. The van der Waals surface area contributed by atoms with Crippen molar-refractivity contribution < 1.29 is 107 Å². The van der Waals surface area contributed by atoms with Crippen molar-refractivity contribution in [2.24, 2.45) is 35.3 Å². The molecule has 1 saturated heterocycles. The number of amides is 11. The molecule has 6 heterocycles. The van der Waals surface area contributed by atoms with Gasteiger partial charge in [-0.15, -0.1) is 0 Å². The smallest absolute Gasteiger partial charge is 0.325 e. The molecule has 10 aliphatic rings. The molecule has 6 aromatic carbocycles. The summed E-state index contributed by atoms with van der Waals surface area (Å²) < 4.78 is 31.6. The van der Waals surface area contributed by atoms with Crippen molar-refractivity contribution >= 4 is 76.5 Å². The number of carbonyl (C=O) groups excluding carboxylic acids is 10. The Balaban J connectivity index is 0.975. The Bertz CT molecular complexity index is 4830. The molecule has 0 unspecified atom stereocenters. The third-order valence-corrected chi connectivity index (χ3v) is 22.8. The van der Waals surface area contributed by atoms with E-state index in [1.165, 1.54) is 112 Å². The maximum Gasteiger partial charge on any atom is 0.325 e. The monoisotopic (exact) mass is 1630 g/mol. The molecule has 16 rings (SSSR count). The Morgan fingerprint density at radius 1 is 0.650 bits per heavy atom. The number of urea groups is 1.